The van der Waals surface area contributed by atoms with Crippen molar-refractivity contribution >= 4 is 38.3 Å². The van der Waals surface area contributed by atoms with Gasteiger partial charge in [0, 0.05) is 29.2 Å². The number of carbonyl (C=O) groups excluding carboxylic acids is 1. The first kappa shape index (κ1) is 12.5. The van der Waals surface area contributed by atoms with Crippen LogP contribution >= 0.6 is 15.9 Å². The molecule has 1 aliphatic rings. The maximum atomic E-state index is 11.1. The van der Waals surface area contributed by atoms with E-state index in [-0.39, 0.29) is 11.9 Å². The molecule has 1 aliphatic heterocycles. The lowest BCUT2D eigenvalue weighted by Crippen LogP contribution is -2.31. The fraction of sp³-hybridized carbons (Fsp3) is 0.267. The van der Waals surface area contributed by atoms with Gasteiger partial charge in [-0.1, -0.05) is 28.1 Å². The Morgan fingerprint density at radius 2 is 2.00 bits per heavy atom. The number of hydrogen-bond acceptors (Lipinski definition) is 2. The first-order valence-electron chi connectivity index (χ1n) is 6.43. The Bertz CT molecular complexity index is 627. The van der Waals surface area contributed by atoms with Crippen LogP contribution in [0.3, 0.4) is 0 Å². The molecule has 0 aromatic heterocycles. The van der Waals surface area contributed by atoms with Crippen LogP contribution in [0.1, 0.15) is 12.8 Å². The van der Waals surface area contributed by atoms with Crippen molar-refractivity contribution in [3.63, 3.8) is 0 Å². The van der Waals surface area contributed by atoms with E-state index >= 15 is 0 Å². The van der Waals surface area contributed by atoms with Gasteiger partial charge in [-0.2, -0.15) is 0 Å². The summed E-state index contributed by atoms with van der Waals surface area (Å²) >= 11 is 3.48. The Balaban J connectivity index is 1.71. The average molecular weight is 319 g/mol. The van der Waals surface area contributed by atoms with Gasteiger partial charge in [0.25, 0.3) is 0 Å². The summed E-state index contributed by atoms with van der Waals surface area (Å²) in [6.07, 6.45) is 1.57. The van der Waals surface area contributed by atoms with E-state index in [0.717, 1.165) is 23.1 Å². The van der Waals surface area contributed by atoms with Crippen molar-refractivity contribution in [2.75, 3.05) is 11.9 Å². The zero-order chi connectivity index (χ0) is 13.2. The van der Waals surface area contributed by atoms with Crippen LogP contribution in [-0.2, 0) is 4.79 Å². The second-order valence-corrected chi connectivity index (χ2v) is 5.81. The number of amides is 1. The Morgan fingerprint density at radius 3 is 2.79 bits per heavy atom. The summed E-state index contributed by atoms with van der Waals surface area (Å²) in [7, 11) is 0. The second kappa shape index (κ2) is 5.21. The van der Waals surface area contributed by atoms with Gasteiger partial charge in [0.2, 0.25) is 5.91 Å². The molecule has 0 bridgehead atoms. The van der Waals surface area contributed by atoms with Crippen LogP contribution < -0.4 is 10.6 Å². The summed E-state index contributed by atoms with van der Waals surface area (Å²) in [6, 6.07) is 12.8. The second-order valence-electron chi connectivity index (χ2n) is 4.89. The minimum atomic E-state index is 0.162. The molecule has 3 nitrogen and oxygen atoms in total. The predicted molar refractivity (Wildman–Crippen MR) is 81.3 cm³/mol. The van der Waals surface area contributed by atoms with Crippen molar-refractivity contribution in [1.29, 1.82) is 0 Å². The smallest absolute Gasteiger partial charge is 0.220 e. The highest BCUT2D eigenvalue weighted by atomic mass is 79.9. The largest absolute Gasteiger partial charge is 0.383 e. The minimum Gasteiger partial charge on any atom is -0.383 e. The highest BCUT2D eigenvalue weighted by molar-refractivity contribution is 9.10. The normalized spacial score (nSPS) is 18.6. The highest BCUT2D eigenvalue weighted by Crippen LogP contribution is 2.23. The van der Waals surface area contributed by atoms with Crippen LogP contribution in [0.5, 0.6) is 0 Å². The summed E-state index contributed by atoms with van der Waals surface area (Å²) < 4.78 is 1.09. The van der Waals surface area contributed by atoms with E-state index in [9.17, 15) is 4.79 Å². The number of benzene rings is 2. The van der Waals surface area contributed by atoms with E-state index in [0.29, 0.717) is 6.42 Å². The molecule has 1 amide bonds. The van der Waals surface area contributed by atoms with Gasteiger partial charge >= 0.3 is 0 Å². The van der Waals surface area contributed by atoms with Crippen molar-refractivity contribution in [3.05, 3.63) is 40.9 Å². The van der Waals surface area contributed by atoms with Gasteiger partial charge in [0.15, 0.2) is 0 Å². The first-order valence-corrected chi connectivity index (χ1v) is 7.22. The number of hydrogen-bond donors (Lipinski definition) is 2. The molecule has 0 radical (unpaired) electrons. The van der Waals surface area contributed by atoms with Crippen LogP contribution in [-0.4, -0.2) is 18.5 Å². The monoisotopic (exact) mass is 318 g/mol. The number of halogens is 1. The number of nitrogens with one attached hydrogen (secondary N) is 2. The van der Waals surface area contributed by atoms with Crippen LogP contribution in [0.2, 0.25) is 0 Å². The van der Waals surface area contributed by atoms with E-state index in [1.807, 2.05) is 6.07 Å². The molecule has 0 spiro atoms. The van der Waals surface area contributed by atoms with Crippen molar-refractivity contribution in [2.24, 2.45) is 0 Å². The Kier molecular flexibility index (Phi) is 3.42. The molecule has 1 heterocycles. The van der Waals surface area contributed by atoms with Crippen LogP contribution in [0.15, 0.2) is 40.9 Å². The molecule has 2 N–H and O–H groups in total. The molecular weight excluding hydrogens is 304 g/mol. The summed E-state index contributed by atoms with van der Waals surface area (Å²) in [4.78, 5) is 11.1. The van der Waals surface area contributed by atoms with Gasteiger partial charge < -0.3 is 10.6 Å². The van der Waals surface area contributed by atoms with Gasteiger partial charge in [-0.05, 0) is 41.5 Å². The topological polar surface area (TPSA) is 41.1 Å². The fourth-order valence-electron chi connectivity index (χ4n) is 2.40. The SMILES string of the molecule is O=C1CCC(CNc2ccc3cc(Br)ccc3c2)N1. The van der Waals surface area contributed by atoms with Gasteiger partial charge in [0.05, 0.1) is 0 Å². The standard InChI is InChI=1S/C15H15BrN2O/c16-12-3-1-11-8-13(4-2-10(11)7-12)17-9-14-5-6-15(19)18-14/h1-4,7-8,14,17H,5-6,9H2,(H,18,19). The Hall–Kier alpha value is -1.55. The molecule has 3 rings (SSSR count). The van der Waals surface area contributed by atoms with E-state index < -0.39 is 0 Å². The molecule has 1 saturated heterocycles. The lowest BCUT2D eigenvalue weighted by atomic mass is 10.1. The predicted octanol–water partition coefficient (Wildman–Crippen LogP) is 3.29. The molecular formula is C15H15BrN2O. The Morgan fingerprint density at radius 1 is 1.21 bits per heavy atom. The van der Waals surface area contributed by atoms with E-state index in [2.05, 4.69) is 56.9 Å². The third-order valence-corrected chi connectivity index (χ3v) is 3.93. The maximum Gasteiger partial charge on any atom is 0.220 e. The third kappa shape index (κ3) is 2.89. The molecule has 1 atom stereocenters. The highest BCUT2D eigenvalue weighted by Gasteiger charge is 2.19. The molecule has 2 aromatic carbocycles. The van der Waals surface area contributed by atoms with Crippen molar-refractivity contribution in [1.82, 2.24) is 5.32 Å². The third-order valence-electron chi connectivity index (χ3n) is 3.44. The quantitative estimate of drug-likeness (QED) is 0.911. The molecule has 4 heteroatoms. The van der Waals surface area contributed by atoms with Gasteiger partial charge in [-0.15, -0.1) is 0 Å². The molecule has 0 saturated carbocycles. The zero-order valence-corrected chi connectivity index (χ0v) is 12.0. The summed E-state index contributed by atoms with van der Waals surface area (Å²) in [5, 5.41) is 8.78. The molecule has 98 valence electrons. The maximum absolute atomic E-state index is 11.1. The average Bonchev–Trinajstić information content (AvgIpc) is 2.82. The lowest BCUT2D eigenvalue weighted by Gasteiger charge is -2.13. The van der Waals surface area contributed by atoms with Crippen molar-refractivity contribution < 1.29 is 4.79 Å². The summed E-state index contributed by atoms with van der Waals surface area (Å²) in [5.74, 6) is 0.162. The van der Waals surface area contributed by atoms with Crippen LogP contribution in [0, 0.1) is 0 Å². The summed E-state index contributed by atoms with van der Waals surface area (Å²) in [5.41, 5.74) is 1.09. The lowest BCUT2D eigenvalue weighted by molar-refractivity contribution is -0.119. The summed E-state index contributed by atoms with van der Waals surface area (Å²) in [6.45, 7) is 0.785. The first-order chi connectivity index (χ1) is 9.20. The van der Waals surface area contributed by atoms with E-state index in [1.165, 1.54) is 10.8 Å². The Labute approximate surface area is 120 Å². The minimum absolute atomic E-state index is 0.162. The molecule has 0 aliphatic carbocycles. The molecule has 19 heavy (non-hydrogen) atoms. The number of fused-ring (bicyclic) bond motifs is 1. The van der Waals surface area contributed by atoms with E-state index in [1.54, 1.807) is 0 Å². The van der Waals surface area contributed by atoms with Crippen molar-refractivity contribution in [3.8, 4) is 0 Å². The van der Waals surface area contributed by atoms with Crippen molar-refractivity contribution in [2.45, 2.75) is 18.9 Å². The van der Waals surface area contributed by atoms with Gasteiger partial charge in [-0.3, -0.25) is 4.79 Å². The molecule has 2 aromatic rings. The fourth-order valence-corrected chi connectivity index (χ4v) is 2.78. The zero-order valence-electron chi connectivity index (χ0n) is 10.4. The number of anilines is 1. The number of rotatable bonds is 3. The van der Waals surface area contributed by atoms with Crippen LogP contribution in [0.25, 0.3) is 10.8 Å². The number of carbonyl (C=O) groups is 1. The molecule has 1 fully saturated rings. The molecule has 1 unspecified atom stereocenters. The van der Waals surface area contributed by atoms with Gasteiger partial charge in [0.1, 0.15) is 0 Å². The van der Waals surface area contributed by atoms with Crippen LogP contribution in [0.4, 0.5) is 5.69 Å². The van der Waals surface area contributed by atoms with E-state index in [4.69, 9.17) is 0 Å². The van der Waals surface area contributed by atoms with Gasteiger partial charge in [-0.25, -0.2) is 0 Å².